The molecule has 112 valence electrons. The second-order valence-corrected chi connectivity index (χ2v) is 4.86. The molecule has 2 aromatic rings. The van der Waals surface area contributed by atoms with Crippen LogP contribution in [0.2, 0.25) is 0 Å². The van der Waals surface area contributed by atoms with Gasteiger partial charge < -0.3 is 9.30 Å². The van der Waals surface area contributed by atoms with E-state index in [2.05, 4.69) is 9.11 Å². The largest absolute Gasteiger partial charge is 0.465 e. The molecule has 0 aliphatic heterocycles. The molecule has 0 atom stereocenters. The van der Waals surface area contributed by atoms with Gasteiger partial charge in [0.2, 0.25) is 5.56 Å². The van der Waals surface area contributed by atoms with Gasteiger partial charge in [-0.2, -0.15) is 17.5 Å². The number of esters is 1. The molecule has 0 saturated heterocycles. The van der Waals surface area contributed by atoms with Crippen LogP contribution in [0.3, 0.4) is 0 Å². The van der Waals surface area contributed by atoms with Crippen LogP contribution in [0.25, 0.3) is 11.3 Å². The number of aromatic nitrogens is 2. The first-order valence-electron chi connectivity index (χ1n) is 5.58. The second kappa shape index (κ2) is 5.32. The van der Waals surface area contributed by atoms with Gasteiger partial charge in [-0.3, -0.25) is 4.79 Å². The highest BCUT2D eigenvalue weighted by Crippen LogP contribution is 2.40. The van der Waals surface area contributed by atoms with Gasteiger partial charge in [0.05, 0.1) is 12.8 Å². The molecule has 0 aliphatic carbocycles. The summed E-state index contributed by atoms with van der Waals surface area (Å²) in [6.45, 7) is 0. The molecule has 0 saturated carbocycles. The topological polar surface area (TPSA) is 61.2 Å². The lowest BCUT2D eigenvalue weighted by Crippen LogP contribution is -2.15. The number of hydrogen-bond acceptors (Lipinski definition) is 5. The smallest absolute Gasteiger partial charge is 0.420 e. The molecule has 0 aliphatic rings. The fourth-order valence-electron chi connectivity index (χ4n) is 1.72. The van der Waals surface area contributed by atoms with E-state index in [-0.39, 0.29) is 11.1 Å². The van der Waals surface area contributed by atoms with E-state index < -0.39 is 28.3 Å². The van der Waals surface area contributed by atoms with E-state index in [0.29, 0.717) is 11.5 Å². The van der Waals surface area contributed by atoms with Gasteiger partial charge in [0.25, 0.3) is 0 Å². The average molecular weight is 318 g/mol. The van der Waals surface area contributed by atoms with Crippen molar-refractivity contribution in [3.05, 3.63) is 39.1 Å². The van der Waals surface area contributed by atoms with Gasteiger partial charge in [-0.15, -0.1) is 0 Å². The number of nitrogens with zero attached hydrogens (tertiary/aromatic N) is 2. The van der Waals surface area contributed by atoms with E-state index in [0.717, 1.165) is 17.7 Å². The Labute approximate surface area is 120 Å². The van der Waals surface area contributed by atoms with E-state index >= 15 is 0 Å². The van der Waals surface area contributed by atoms with E-state index in [1.165, 1.54) is 19.3 Å². The van der Waals surface area contributed by atoms with Crippen LogP contribution in [0.1, 0.15) is 15.2 Å². The first-order valence-corrected chi connectivity index (χ1v) is 6.35. The summed E-state index contributed by atoms with van der Waals surface area (Å²) in [7, 11) is 2.40. The Morgan fingerprint density at radius 2 is 2.05 bits per heavy atom. The molecule has 0 N–H and O–H groups in total. The van der Waals surface area contributed by atoms with Crippen LogP contribution in [0.15, 0.2) is 23.1 Å². The Bertz CT molecular complexity index is 749. The minimum absolute atomic E-state index is 0.0934. The summed E-state index contributed by atoms with van der Waals surface area (Å²) < 4.78 is 48.8. The first kappa shape index (κ1) is 15.2. The lowest BCUT2D eigenvalue weighted by molar-refractivity contribution is -0.137. The maximum absolute atomic E-state index is 13.2. The molecular formula is C12H9F3N2O3S. The number of pyridine rings is 1. The van der Waals surface area contributed by atoms with Gasteiger partial charge >= 0.3 is 12.1 Å². The molecule has 2 rings (SSSR count). The number of hydrogen-bond donors (Lipinski definition) is 0. The van der Waals surface area contributed by atoms with Crippen molar-refractivity contribution in [1.82, 2.24) is 8.94 Å². The third kappa shape index (κ3) is 2.82. The highest BCUT2D eigenvalue weighted by molar-refractivity contribution is 7.08. The number of aryl methyl sites for hydroxylation is 1. The summed E-state index contributed by atoms with van der Waals surface area (Å²) in [4.78, 5) is 22.1. The van der Waals surface area contributed by atoms with Crippen LogP contribution >= 0.6 is 11.5 Å². The van der Waals surface area contributed by atoms with Crippen LogP contribution in [0, 0.1) is 0 Å². The van der Waals surface area contributed by atoms with Crippen molar-refractivity contribution in [2.24, 2.45) is 7.05 Å². The summed E-state index contributed by atoms with van der Waals surface area (Å²) in [5, 5.41) is 0. The predicted molar refractivity (Wildman–Crippen MR) is 69.1 cm³/mol. The fraction of sp³-hybridized carbons (Fsp3) is 0.250. The van der Waals surface area contributed by atoms with Crippen molar-refractivity contribution in [3.8, 4) is 11.3 Å². The molecular weight excluding hydrogens is 309 g/mol. The first-order chi connectivity index (χ1) is 9.75. The molecule has 2 aromatic heterocycles. The van der Waals surface area contributed by atoms with Crippen LogP contribution in [-0.4, -0.2) is 22.0 Å². The van der Waals surface area contributed by atoms with Crippen molar-refractivity contribution >= 4 is 17.5 Å². The third-order valence-corrected chi connectivity index (χ3v) is 3.53. The maximum atomic E-state index is 13.2. The summed E-state index contributed by atoms with van der Waals surface area (Å²) in [6.07, 6.45) is -3.53. The Morgan fingerprint density at radius 3 is 2.57 bits per heavy atom. The van der Waals surface area contributed by atoms with Gasteiger partial charge in [0, 0.05) is 24.9 Å². The second-order valence-electron chi connectivity index (χ2n) is 4.09. The minimum Gasteiger partial charge on any atom is -0.465 e. The summed E-state index contributed by atoms with van der Waals surface area (Å²) in [5.74, 6) is -1.10. The van der Waals surface area contributed by atoms with Gasteiger partial charge in [-0.25, -0.2) is 4.79 Å². The maximum Gasteiger partial charge on any atom is 0.420 e. The Hall–Kier alpha value is -2.16. The highest BCUT2D eigenvalue weighted by atomic mass is 32.1. The minimum atomic E-state index is -4.76. The Balaban J connectivity index is 2.69. The van der Waals surface area contributed by atoms with Crippen molar-refractivity contribution in [3.63, 3.8) is 0 Å². The molecule has 9 heteroatoms. The molecule has 0 spiro atoms. The van der Waals surface area contributed by atoms with E-state index in [9.17, 15) is 22.8 Å². The van der Waals surface area contributed by atoms with Crippen LogP contribution < -0.4 is 5.56 Å². The van der Waals surface area contributed by atoms with E-state index in [1.54, 1.807) is 0 Å². The SMILES string of the molecule is COC(=O)c1snc(-c2ccc(=O)n(C)c2)c1C(F)(F)F. The van der Waals surface area contributed by atoms with Gasteiger partial charge in [0.15, 0.2) is 0 Å². The number of methoxy groups -OCH3 is 1. The van der Waals surface area contributed by atoms with Gasteiger partial charge in [-0.1, -0.05) is 0 Å². The summed E-state index contributed by atoms with van der Waals surface area (Å²) in [6, 6.07) is 2.36. The monoisotopic (exact) mass is 318 g/mol. The molecule has 0 fully saturated rings. The molecule has 0 unspecified atom stereocenters. The van der Waals surface area contributed by atoms with Crippen molar-refractivity contribution in [2.45, 2.75) is 6.18 Å². The normalized spacial score (nSPS) is 11.5. The van der Waals surface area contributed by atoms with Crippen LogP contribution in [0.5, 0.6) is 0 Å². The van der Waals surface area contributed by atoms with Gasteiger partial charge in [0.1, 0.15) is 10.4 Å². The number of ether oxygens (including phenoxy) is 1. The van der Waals surface area contributed by atoms with Crippen molar-refractivity contribution in [2.75, 3.05) is 7.11 Å². The zero-order valence-electron chi connectivity index (χ0n) is 10.9. The van der Waals surface area contributed by atoms with Crippen molar-refractivity contribution in [1.29, 1.82) is 0 Å². The van der Waals surface area contributed by atoms with E-state index in [1.807, 2.05) is 0 Å². The fourth-order valence-corrected chi connectivity index (χ4v) is 2.56. The molecule has 21 heavy (non-hydrogen) atoms. The van der Waals surface area contributed by atoms with Crippen LogP contribution in [-0.2, 0) is 18.0 Å². The number of rotatable bonds is 2. The summed E-state index contributed by atoms with van der Waals surface area (Å²) >= 11 is 0.409. The predicted octanol–water partition coefficient (Wildman–Crippen LogP) is 2.31. The number of alkyl halides is 3. The Kier molecular flexibility index (Phi) is 3.86. The number of carbonyl (C=O) groups excluding carboxylic acids is 1. The van der Waals surface area contributed by atoms with Gasteiger partial charge in [-0.05, 0) is 17.6 Å². The molecule has 0 bridgehead atoms. The third-order valence-electron chi connectivity index (χ3n) is 2.71. The van der Waals surface area contributed by atoms with Crippen LogP contribution in [0.4, 0.5) is 13.2 Å². The van der Waals surface area contributed by atoms with E-state index in [4.69, 9.17) is 0 Å². The number of carbonyl (C=O) groups is 1. The molecule has 2 heterocycles. The lowest BCUT2D eigenvalue weighted by Gasteiger charge is -2.09. The Morgan fingerprint density at radius 1 is 1.38 bits per heavy atom. The highest BCUT2D eigenvalue weighted by Gasteiger charge is 2.41. The zero-order valence-corrected chi connectivity index (χ0v) is 11.7. The molecule has 0 radical (unpaired) electrons. The standard InChI is InChI=1S/C12H9F3N2O3S/c1-17-5-6(3-4-7(17)18)9-8(12(13,14)15)10(21-16-9)11(19)20-2/h3-5H,1-2H3. The summed E-state index contributed by atoms with van der Waals surface area (Å²) in [5.41, 5.74) is -1.83. The zero-order chi connectivity index (χ0) is 15.8. The lowest BCUT2D eigenvalue weighted by atomic mass is 10.1. The van der Waals surface area contributed by atoms with Crippen molar-refractivity contribution < 1.29 is 22.7 Å². The quantitative estimate of drug-likeness (QED) is 0.797. The molecule has 0 amide bonds. The molecule has 5 nitrogen and oxygen atoms in total. The number of halogens is 3. The molecule has 0 aromatic carbocycles. The average Bonchev–Trinajstić information content (AvgIpc) is 2.85.